The minimum atomic E-state index is -0.772. The van der Waals surface area contributed by atoms with Crippen molar-refractivity contribution in [2.45, 2.75) is 39.2 Å². The molecule has 5 heteroatoms. The van der Waals surface area contributed by atoms with E-state index in [1.807, 2.05) is 24.3 Å². The van der Waals surface area contributed by atoms with E-state index in [0.29, 0.717) is 11.4 Å². The highest BCUT2D eigenvalue weighted by atomic mass is 19.1. The summed E-state index contributed by atoms with van der Waals surface area (Å²) in [6.07, 6.45) is -0.772. The van der Waals surface area contributed by atoms with E-state index < -0.39 is 17.8 Å². The summed E-state index contributed by atoms with van der Waals surface area (Å²) in [4.78, 5) is 12.2. The van der Waals surface area contributed by atoms with E-state index in [0.717, 1.165) is 0 Å². The Morgan fingerprint density at radius 1 is 1.17 bits per heavy atom. The van der Waals surface area contributed by atoms with Crippen LogP contribution in [0.4, 0.5) is 15.8 Å². The van der Waals surface area contributed by atoms with Crippen LogP contribution in [0.3, 0.4) is 0 Å². The topological polar surface area (TPSA) is 64.3 Å². The molecule has 1 amide bonds. The molecule has 0 bridgehead atoms. The number of carbonyl (C=O) groups is 1. The van der Waals surface area contributed by atoms with Crippen LogP contribution in [0.2, 0.25) is 0 Å². The molecule has 0 aromatic heterocycles. The number of anilines is 2. The number of nitrogens with one attached hydrogen (secondary N) is 1. The highest BCUT2D eigenvalue weighted by Gasteiger charge is 2.18. The van der Waals surface area contributed by atoms with Gasteiger partial charge in [-0.3, -0.25) is 4.79 Å². The average molecular weight is 330 g/mol. The summed E-state index contributed by atoms with van der Waals surface area (Å²) in [5, 5.41) is 2.49. The highest BCUT2D eigenvalue weighted by Crippen LogP contribution is 2.25. The van der Waals surface area contributed by atoms with Crippen molar-refractivity contribution in [3.63, 3.8) is 0 Å². The summed E-state index contributed by atoms with van der Waals surface area (Å²) in [6, 6.07) is 11.6. The molecule has 0 fully saturated rings. The molecule has 0 unspecified atom stereocenters. The molecule has 2 rings (SSSR count). The van der Waals surface area contributed by atoms with Gasteiger partial charge in [-0.1, -0.05) is 32.9 Å². The molecular formula is C19H23FN2O2. The molecule has 1 atom stereocenters. The van der Waals surface area contributed by atoms with Gasteiger partial charge in [0.2, 0.25) is 0 Å². The lowest BCUT2D eigenvalue weighted by atomic mass is 9.87. The molecule has 128 valence electrons. The minimum absolute atomic E-state index is 0.0403. The number of hydrogen-bond acceptors (Lipinski definition) is 3. The number of rotatable bonds is 4. The minimum Gasteiger partial charge on any atom is -0.481 e. The van der Waals surface area contributed by atoms with Gasteiger partial charge >= 0.3 is 0 Å². The van der Waals surface area contributed by atoms with Gasteiger partial charge < -0.3 is 15.8 Å². The standard InChI is InChI=1S/C19H23FN2O2/c1-12(18(23)22-17-11-14(21)7-10-16(17)20)24-15-8-5-13(6-9-15)19(2,3)4/h5-12H,21H2,1-4H3,(H,22,23)/t12-/m0/s1. The second-order valence-corrected chi connectivity index (χ2v) is 6.76. The first-order valence-corrected chi connectivity index (χ1v) is 7.80. The first kappa shape index (κ1) is 17.8. The Morgan fingerprint density at radius 2 is 1.79 bits per heavy atom. The van der Waals surface area contributed by atoms with E-state index in [-0.39, 0.29) is 11.1 Å². The summed E-state index contributed by atoms with van der Waals surface area (Å²) < 4.78 is 19.3. The van der Waals surface area contributed by atoms with Gasteiger partial charge in [0.1, 0.15) is 11.6 Å². The van der Waals surface area contributed by atoms with Gasteiger partial charge in [0.05, 0.1) is 5.69 Å². The zero-order valence-electron chi connectivity index (χ0n) is 14.4. The molecule has 0 saturated carbocycles. The Kier molecular flexibility index (Phi) is 5.12. The van der Waals surface area contributed by atoms with Crippen LogP contribution in [-0.4, -0.2) is 12.0 Å². The number of ether oxygens (including phenoxy) is 1. The highest BCUT2D eigenvalue weighted by molar-refractivity contribution is 5.94. The zero-order valence-corrected chi connectivity index (χ0v) is 14.4. The van der Waals surface area contributed by atoms with Crippen LogP contribution in [-0.2, 0) is 10.2 Å². The van der Waals surface area contributed by atoms with E-state index in [9.17, 15) is 9.18 Å². The van der Waals surface area contributed by atoms with E-state index in [2.05, 4.69) is 26.1 Å². The van der Waals surface area contributed by atoms with Crippen molar-refractivity contribution in [3.8, 4) is 5.75 Å². The molecule has 0 radical (unpaired) electrons. The van der Waals surface area contributed by atoms with Gasteiger partial charge in [-0.2, -0.15) is 0 Å². The van der Waals surface area contributed by atoms with E-state index in [4.69, 9.17) is 10.5 Å². The van der Waals surface area contributed by atoms with Crippen LogP contribution in [0, 0.1) is 5.82 Å². The fraction of sp³-hybridized carbons (Fsp3) is 0.316. The van der Waals surface area contributed by atoms with Gasteiger partial charge in [0, 0.05) is 5.69 Å². The second-order valence-electron chi connectivity index (χ2n) is 6.76. The molecule has 0 spiro atoms. The van der Waals surface area contributed by atoms with Gasteiger partial charge in [0.25, 0.3) is 5.91 Å². The zero-order chi connectivity index (χ0) is 17.9. The maximum atomic E-state index is 13.7. The summed E-state index contributed by atoms with van der Waals surface area (Å²) in [7, 11) is 0. The summed E-state index contributed by atoms with van der Waals surface area (Å²) >= 11 is 0. The lowest BCUT2D eigenvalue weighted by Gasteiger charge is -2.20. The number of nitrogen functional groups attached to an aromatic ring is 1. The predicted octanol–water partition coefficient (Wildman–Crippen LogP) is 4.11. The lowest BCUT2D eigenvalue weighted by Crippen LogP contribution is -2.30. The Bertz CT molecular complexity index is 721. The first-order valence-electron chi connectivity index (χ1n) is 7.80. The molecule has 0 aliphatic heterocycles. The largest absolute Gasteiger partial charge is 0.481 e. The normalized spacial score (nSPS) is 12.5. The number of halogens is 1. The van der Waals surface area contributed by atoms with Gasteiger partial charge in [-0.15, -0.1) is 0 Å². The molecule has 2 aromatic rings. The molecule has 24 heavy (non-hydrogen) atoms. The van der Waals surface area contributed by atoms with Crippen molar-refractivity contribution in [2.75, 3.05) is 11.1 Å². The maximum Gasteiger partial charge on any atom is 0.265 e. The molecule has 2 aromatic carbocycles. The van der Waals surface area contributed by atoms with Crippen LogP contribution >= 0.6 is 0 Å². The molecule has 0 heterocycles. The van der Waals surface area contributed by atoms with Crippen LogP contribution in [0.25, 0.3) is 0 Å². The van der Waals surface area contributed by atoms with E-state index in [1.165, 1.54) is 23.8 Å². The Hall–Kier alpha value is -2.56. The molecule has 0 saturated heterocycles. The SMILES string of the molecule is C[C@H](Oc1ccc(C(C)(C)C)cc1)C(=O)Nc1cc(N)ccc1F. The summed E-state index contributed by atoms with van der Waals surface area (Å²) in [6.45, 7) is 7.98. The van der Waals surface area contributed by atoms with Gasteiger partial charge in [-0.05, 0) is 48.2 Å². The van der Waals surface area contributed by atoms with Gasteiger partial charge in [0.15, 0.2) is 6.10 Å². The Morgan fingerprint density at radius 3 is 2.38 bits per heavy atom. The van der Waals surface area contributed by atoms with Crippen LogP contribution in [0.5, 0.6) is 5.75 Å². The van der Waals surface area contributed by atoms with Gasteiger partial charge in [-0.25, -0.2) is 4.39 Å². The summed E-state index contributed by atoms with van der Waals surface area (Å²) in [5.74, 6) is -0.405. The van der Waals surface area contributed by atoms with Crippen molar-refractivity contribution in [1.82, 2.24) is 0 Å². The molecular weight excluding hydrogens is 307 g/mol. The van der Waals surface area contributed by atoms with Crippen molar-refractivity contribution in [2.24, 2.45) is 0 Å². The first-order chi connectivity index (χ1) is 11.2. The number of hydrogen-bond donors (Lipinski definition) is 2. The number of amides is 1. The fourth-order valence-corrected chi connectivity index (χ4v) is 2.16. The number of nitrogens with two attached hydrogens (primary N) is 1. The molecule has 0 aliphatic rings. The maximum absolute atomic E-state index is 13.7. The third kappa shape index (κ3) is 4.47. The number of benzene rings is 2. The average Bonchev–Trinajstić information content (AvgIpc) is 2.50. The second kappa shape index (κ2) is 6.91. The van der Waals surface area contributed by atoms with Crippen LogP contribution < -0.4 is 15.8 Å². The van der Waals surface area contributed by atoms with Crippen molar-refractivity contribution < 1.29 is 13.9 Å². The number of carbonyl (C=O) groups excluding carboxylic acids is 1. The molecule has 4 nitrogen and oxygen atoms in total. The van der Waals surface area contributed by atoms with Crippen LogP contribution in [0.1, 0.15) is 33.3 Å². The van der Waals surface area contributed by atoms with Crippen molar-refractivity contribution >= 4 is 17.3 Å². The monoisotopic (exact) mass is 330 g/mol. The Labute approximate surface area is 141 Å². The van der Waals surface area contributed by atoms with E-state index >= 15 is 0 Å². The smallest absolute Gasteiger partial charge is 0.265 e. The quantitative estimate of drug-likeness (QED) is 0.829. The van der Waals surface area contributed by atoms with Crippen molar-refractivity contribution in [1.29, 1.82) is 0 Å². The fourth-order valence-electron chi connectivity index (χ4n) is 2.16. The summed E-state index contributed by atoms with van der Waals surface area (Å²) in [5.41, 5.74) is 7.24. The molecule has 3 N–H and O–H groups in total. The predicted molar refractivity (Wildman–Crippen MR) is 94.7 cm³/mol. The lowest BCUT2D eigenvalue weighted by molar-refractivity contribution is -0.122. The van der Waals surface area contributed by atoms with Crippen LogP contribution in [0.15, 0.2) is 42.5 Å². The third-order valence-electron chi connectivity index (χ3n) is 3.65. The Balaban J connectivity index is 2.02. The van der Waals surface area contributed by atoms with Crippen molar-refractivity contribution in [3.05, 3.63) is 53.8 Å². The van der Waals surface area contributed by atoms with E-state index in [1.54, 1.807) is 6.92 Å². The molecule has 0 aliphatic carbocycles. The third-order valence-corrected chi connectivity index (χ3v) is 3.65.